The van der Waals surface area contributed by atoms with Crippen molar-refractivity contribution in [1.29, 1.82) is 0 Å². The molecule has 0 unspecified atom stereocenters. The van der Waals surface area contributed by atoms with Crippen LogP contribution in [0.4, 0.5) is 0 Å². The lowest BCUT2D eigenvalue weighted by Crippen LogP contribution is -2.42. The zero-order valence-electron chi connectivity index (χ0n) is 13.2. The molecule has 8 heteroatoms. The molecule has 0 saturated carbocycles. The summed E-state index contributed by atoms with van der Waals surface area (Å²) >= 11 is 0. The number of hydrogen-bond donors (Lipinski definition) is 0. The lowest BCUT2D eigenvalue weighted by atomic mass is 10.3. The summed E-state index contributed by atoms with van der Waals surface area (Å²) in [5.41, 5.74) is 0. The van der Waals surface area contributed by atoms with Crippen molar-refractivity contribution in [3.8, 4) is 0 Å². The third-order valence-electron chi connectivity index (χ3n) is 3.42. The molecule has 0 bridgehead atoms. The Morgan fingerprint density at radius 2 is 1.76 bits per heavy atom. The summed E-state index contributed by atoms with van der Waals surface area (Å²) < 4.78 is 30.1. The van der Waals surface area contributed by atoms with Crippen molar-refractivity contribution < 1.29 is 17.9 Å². The lowest BCUT2D eigenvalue weighted by molar-refractivity contribution is -0.135. The Balaban J connectivity index is 2.43. The van der Waals surface area contributed by atoms with Gasteiger partial charge in [-0.1, -0.05) is 0 Å². The maximum Gasteiger partial charge on any atom is 0.224 e. The Hall–Kier alpha value is -0.700. The SMILES string of the molecule is CN(C)CCCN(CCC(=O)N1CCOCC1)S(C)(=O)=O. The van der Waals surface area contributed by atoms with Crippen LogP contribution in [0.1, 0.15) is 12.8 Å². The topological polar surface area (TPSA) is 70.2 Å². The quantitative estimate of drug-likeness (QED) is 0.600. The van der Waals surface area contributed by atoms with Crippen molar-refractivity contribution in [1.82, 2.24) is 14.1 Å². The molecule has 1 heterocycles. The molecular formula is C13H27N3O4S. The molecule has 0 aromatic heterocycles. The van der Waals surface area contributed by atoms with Crippen molar-refractivity contribution in [3.05, 3.63) is 0 Å². The Kier molecular flexibility index (Phi) is 7.58. The van der Waals surface area contributed by atoms with Crippen LogP contribution in [0, 0.1) is 0 Å². The predicted molar refractivity (Wildman–Crippen MR) is 81.6 cm³/mol. The van der Waals surface area contributed by atoms with Crippen molar-refractivity contribution in [2.24, 2.45) is 0 Å². The second-order valence-electron chi connectivity index (χ2n) is 5.56. The molecule has 21 heavy (non-hydrogen) atoms. The summed E-state index contributed by atoms with van der Waals surface area (Å²) in [7, 11) is 0.632. The molecule has 1 aliphatic rings. The fourth-order valence-corrected chi connectivity index (χ4v) is 3.08. The molecule has 7 nitrogen and oxygen atoms in total. The Morgan fingerprint density at radius 3 is 2.29 bits per heavy atom. The monoisotopic (exact) mass is 321 g/mol. The van der Waals surface area contributed by atoms with Gasteiger partial charge in [0, 0.05) is 32.6 Å². The highest BCUT2D eigenvalue weighted by Gasteiger charge is 2.21. The van der Waals surface area contributed by atoms with Gasteiger partial charge >= 0.3 is 0 Å². The molecule has 0 spiro atoms. The van der Waals surface area contributed by atoms with E-state index in [4.69, 9.17) is 4.74 Å². The van der Waals surface area contributed by atoms with E-state index in [1.165, 1.54) is 10.6 Å². The molecule has 0 radical (unpaired) electrons. The summed E-state index contributed by atoms with van der Waals surface area (Å²) in [6, 6.07) is 0. The standard InChI is InChI=1S/C13H27N3O4S/c1-14(2)6-4-7-16(21(3,18)19)8-5-13(17)15-9-11-20-12-10-15/h4-12H2,1-3H3. The molecule has 0 aliphatic carbocycles. The molecule has 0 aromatic carbocycles. The summed E-state index contributed by atoms with van der Waals surface area (Å²) in [5, 5.41) is 0. The molecule has 1 fully saturated rings. The van der Waals surface area contributed by atoms with Crippen LogP contribution in [0.2, 0.25) is 0 Å². The van der Waals surface area contributed by atoms with Crippen molar-refractivity contribution in [3.63, 3.8) is 0 Å². The molecule has 0 aromatic rings. The largest absolute Gasteiger partial charge is 0.378 e. The normalized spacial score (nSPS) is 16.7. The van der Waals surface area contributed by atoms with Crippen molar-refractivity contribution in [2.45, 2.75) is 12.8 Å². The minimum Gasteiger partial charge on any atom is -0.378 e. The van der Waals surface area contributed by atoms with E-state index in [1.54, 1.807) is 4.90 Å². The van der Waals surface area contributed by atoms with E-state index in [0.717, 1.165) is 13.0 Å². The lowest BCUT2D eigenvalue weighted by Gasteiger charge is -2.28. The minimum absolute atomic E-state index is 0.000408. The molecule has 0 N–H and O–H groups in total. The zero-order chi connectivity index (χ0) is 15.9. The zero-order valence-corrected chi connectivity index (χ0v) is 14.1. The number of ether oxygens (including phenoxy) is 1. The van der Waals surface area contributed by atoms with Gasteiger partial charge in [-0.3, -0.25) is 4.79 Å². The van der Waals surface area contributed by atoms with Gasteiger partial charge in [-0.2, -0.15) is 0 Å². The van der Waals surface area contributed by atoms with E-state index in [0.29, 0.717) is 32.8 Å². The molecule has 0 atom stereocenters. The van der Waals surface area contributed by atoms with Gasteiger partial charge in [0.15, 0.2) is 0 Å². The van der Waals surface area contributed by atoms with Gasteiger partial charge in [-0.05, 0) is 27.1 Å². The number of rotatable bonds is 8. The first-order chi connectivity index (χ1) is 9.80. The summed E-state index contributed by atoms with van der Waals surface area (Å²) in [5.74, 6) is -0.000408. The number of carbonyl (C=O) groups excluding carboxylic acids is 1. The third kappa shape index (κ3) is 7.21. The van der Waals surface area contributed by atoms with Crippen LogP contribution in [0.3, 0.4) is 0 Å². The Morgan fingerprint density at radius 1 is 1.14 bits per heavy atom. The highest BCUT2D eigenvalue weighted by atomic mass is 32.2. The first kappa shape index (κ1) is 18.3. The van der Waals surface area contributed by atoms with Crippen molar-refractivity contribution in [2.75, 3.05) is 66.3 Å². The van der Waals surface area contributed by atoms with Crippen molar-refractivity contribution >= 4 is 15.9 Å². The van der Waals surface area contributed by atoms with Crippen LogP contribution in [0.15, 0.2) is 0 Å². The molecule has 1 rings (SSSR count). The second-order valence-corrected chi connectivity index (χ2v) is 7.54. The van der Waals surface area contributed by atoms with Gasteiger partial charge in [-0.25, -0.2) is 12.7 Å². The Bertz CT molecular complexity index is 419. The number of sulfonamides is 1. The fraction of sp³-hybridized carbons (Fsp3) is 0.923. The van der Waals surface area contributed by atoms with Gasteiger partial charge in [-0.15, -0.1) is 0 Å². The smallest absolute Gasteiger partial charge is 0.224 e. The van der Waals surface area contributed by atoms with Crippen LogP contribution in [0.25, 0.3) is 0 Å². The van der Waals surface area contributed by atoms with Crippen LogP contribution in [-0.4, -0.2) is 94.7 Å². The van der Waals surface area contributed by atoms with Crippen LogP contribution >= 0.6 is 0 Å². The highest BCUT2D eigenvalue weighted by molar-refractivity contribution is 7.88. The number of nitrogens with zero attached hydrogens (tertiary/aromatic N) is 3. The van der Waals surface area contributed by atoms with Gasteiger partial charge < -0.3 is 14.5 Å². The van der Waals surface area contributed by atoms with E-state index in [9.17, 15) is 13.2 Å². The van der Waals surface area contributed by atoms with E-state index < -0.39 is 10.0 Å². The maximum atomic E-state index is 12.1. The average molecular weight is 321 g/mol. The van der Waals surface area contributed by atoms with E-state index in [1.807, 2.05) is 19.0 Å². The van der Waals surface area contributed by atoms with E-state index >= 15 is 0 Å². The first-order valence-electron chi connectivity index (χ1n) is 7.26. The van der Waals surface area contributed by atoms with Crippen LogP contribution in [-0.2, 0) is 19.6 Å². The van der Waals surface area contributed by atoms with Gasteiger partial charge in [0.05, 0.1) is 19.5 Å². The van der Waals surface area contributed by atoms with Crippen LogP contribution in [0.5, 0.6) is 0 Å². The fourth-order valence-electron chi connectivity index (χ4n) is 2.20. The van der Waals surface area contributed by atoms with E-state index in [-0.39, 0.29) is 18.9 Å². The third-order valence-corrected chi connectivity index (χ3v) is 4.72. The maximum absolute atomic E-state index is 12.1. The summed E-state index contributed by atoms with van der Waals surface area (Å²) in [4.78, 5) is 15.8. The molecule has 1 saturated heterocycles. The van der Waals surface area contributed by atoms with E-state index in [2.05, 4.69) is 0 Å². The average Bonchev–Trinajstić information content (AvgIpc) is 2.41. The number of hydrogen-bond acceptors (Lipinski definition) is 5. The number of carbonyl (C=O) groups is 1. The van der Waals surface area contributed by atoms with Gasteiger partial charge in [0.1, 0.15) is 0 Å². The first-order valence-corrected chi connectivity index (χ1v) is 9.11. The minimum atomic E-state index is -3.27. The highest BCUT2D eigenvalue weighted by Crippen LogP contribution is 2.05. The number of amides is 1. The molecular weight excluding hydrogens is 294 g/mol. The summed E-state index contributed by atoms with van der Waals surface area (Å²) in [6.45, 7) is 3.84. The Labute approximate surface area is 127 Å². The molecule has 124 valence electrons. The predicted octanol–water partition coefficient (Wildman–Crippen LogP) is -0.551. The van der Waals surface area contributed by atoms with Gasteiger partial charge in [0.2, 0.25) is 15.9 Å². The van der Waals surface area contributed by atoms with Gasteiger partial charge in [0.25, 0.3) is 0 Å². The molecule has 1 aliphatic heterocycles. The number of morpholine rings is 1. The van der Waals surface area contributed by atoms with Crippen LogP contribution < -0.4 is 0 Å². The molecule has 1 amide bonds. The summed E-state index contributed by atoms with van der Waals surface area (Å²) in [6.07, 6.45) is 2.18. The second kappa shape index (κ2) is 8.67.